The third kappa shape index (κ3) is 3.20. The number of nitrogens with one attached hydrogen (secondary N) is 1. The van der Waals surface area contributed by atoms with Crippen LogP contribution in [-0.4, -0.2) is 18.6 Å². The van der Waals surface area contributed by atoms with Crippen molar-refractivity contribution in [3.05, 3.63) is 23.9 Å². The maximum absolute atomic E-state index is 5.27. The highest BCUT2D eigenvalue weighted by Crippen LogP contribution is 2.25. The number of aromatic nitrogens is 1. The average Bonchev–Trinajstić information content (AvgIpc) is 2.29. The van der Waals surface area contributed by atoms with Gasteiger partial charge < -0.3 is 10.1 Å². The molecule has 3 heteroatoms. The molecule has 0 bridgehead atoms. The fraction of sp³-hybridized carbons (Fsp3) is 0.583. The highest BCUT2D eigenvalue weighted by Gasteiger charge is 2.14. The van der Waals surface area contributed by atoms with Crippen LogP contribution in [0.3, 0.4) is 0 Å². The van der Waals surface area contributed by atoms with Crippen LogP contribution in [0.15, 0.2) is 18.3 Å². The summed E-state index contributed by atoms with van der Waals surface area (Å²) in [5.74, 6) is 0.733. The van der Waals surface area contributed by atoms with Crippen molar-refractivity contribution in [3.63, 3.8) is 0 Å². The predicted octanol–water partition coefficient (Wildman–Crippen LogP) is 2.54. The Balaban J connectivity index is 2.88. The van der Waals surface area contributed by atoms with Crippen molar-refractivity contribution >= 4 is 0 Å². The van der Waals surface area contributed by atoms with Crippen molar-refractivity contribution in [1.29, 1.82) is 0 Å². The van der Waals surface area contributed by atoms with E-state index >= 15 is 0 Å². The lowest BCUT2D eigenvalue weighted by molar-refractivity contribution is 0.379. The van der Waals surface area contributed by atoms with E-state index in [1.807, 2.05) is 6.07 Å². The van der Waals surface area contributed by atoms with Crippen molar-refractivity contribution in [2.75, 3.05) is 13.7 Å². The third-order valence-electron chi connectivity index (χ3n) is 2.40. The molecular formula is C12H20N2O. The van der Waals surface area contributed by atoms with Gasteiger partial charge in [-0.25, -0.2) is 4.98 Å². The van der Waals surface area contributed by atoms with E-state index in [1.165, 1.54) is 0 Å². The molecule has 0 radical (unpaired) electrons. The molecule has 1 unspecified atom stereocenters. The van der Waals surface area contributed by atoms with Crippen LogP contribution in [0.4, 0.5) is 0 Å². The quantitative estimate of drug-likeness (QED) is 0.780. The topological polar surface area (TPSA) is 34.2 Å². The molecule has 0 saturated heterocycles. The number of pyridine rings is 1. The minimum Gasteiger partial charge on any atom is -0.481 e. The lowest BCUT2D eigenvalue weighted by Gasteiger charge is -2.19. The summed E-state index contributed by atoms with van der Waals surface area (Å²) >= 11 is 0. The minimum atomic E-state index is 0.351. The summed E-state index contributed by atoms with van der Waals surface area (Å²) in [6, 6.07) is 4.38. The standard InChI is InChI=1S/C12H20N2O/c1-4-7-11(13-5-2)10-8-6-9-14-12(10)15-3/h6,8-9,11,13H,4-5,7H2,1-3H3. The second-order valence-corrected chi connectivity index (χ2v) is 3.50. The van der Waals surface area contributed by atoms with Crippen LogP contribution in [0.2, 0.25) is 0 Å². The molecule has 15 heavy (non-hydrogen) atoms. The van der Waals surface area contributed by atoms with Gasteiger partial charge in [-0.2, -0.15) is 0 Å². The van der Waals surface area contributed by atoms with Crippen LogP contribution in [0, 0.1) is 0 Å². The summed E-state index contributed by atoms with van der Waals surface area (Å²) in [7, 11) is 1.67. The number of nitrogens with zero attached hydrogens (tertiary/aromatic N) is 1. The van der Waals surface area contributed by atoms with E-state index in [9.17, 15) is 0 Å². The molecule has 1 aromatic heterocycles. The van der Waals surface area contributed by atoms with Gasteiger partial charge in [0.25, 0.3) is 0 Å². The maximum atomic E-state index is 5.27. The number of ether oxygens (including phenoxy) is 1. The maximum Gasteiger partial charge on any atom is 0.217 e. The second-order valence-electron chi connectivity index (χ2n) is 3.50. The first-order chi connectivity index (χ1) is 7.33. The van der Waals surface area contributed by atoms with Crippen LogP contribution < -0.4 is 10.1 Å². The van der Waals surface area contributed by atoms with Gasteiger partial charge in [0.1, 0.15) is 0 Å². The smallest absolute Gasteiger partial charge is 0.217 e. The molecule has 0 aliphatic carbocycles. The van der Waals surface area contributed by atoms with E-state index in [1.54, 1.807) is 13.3 Å². The highest BCUT2D eigenvalue weighted by molar-refractivity contribution is 5.28. The van der Waals surface area contributed by atoms with Gasteiger partial charge in [0.2, 0.25) is 5.88 Å². The van der Waals surface area contributed by atoms with Crippen LogP contribution in [-0.2, 0) is 0 Å². The molecule has 0 amide bonds. The van der Waals surface area contributed by atoms with E-state index in [0.717, 1.165) is 30.8 Å². The van der Waals surface area contributed by atoms with Gasteiger partial charge in [-0.15, -0.1) is 0 Å². The second kappa shape index (κ2) is 6.40. The van der Waals surface area contributed by atoms with Crippen molar-refractivity contribution in [2.45, 2.75) is 32.7 Å². The molecule has 0 spiro atoms. The third-order valence-corrected chi connectivity index (χ3v) is 2.40. The van der Waals surface area contributed by atoms with E-state index in [4.69, 9.17) is 4.74 Å². The number of methoxy groups -OCH3 is 1. The monoisotopic (exact) mass is 208 g/mol. The summed E-state index contributed by atoms with van der Waals surface area (Å²) < 4.78 is 5.27. The highest BCUT2D eigenvalue weighted by atomic mass is 16.5. The van der Waals surface area contributed by atoms with Gasteiger partial charge in [0.15, 0.2) is 0 Å². The number of hydrogen-bond acceptors (Lipinski definition) is 3. The van der Waals surface area contributed by atoms with Crippen LogP contribution in [0.5, 0.6) is 5.88 Å². The van der Waals surface area contributed by atoms with Gasteiger partial charge in [-0.1, -0.05) is 26.3 Å². The van der Waals surface area contributed by atoms with Gasteiger partial charge in [0.05, 0.1) is 7.11 Å². The van der Waals surface area contributed by atoms with E-state index in [2.05, 4.69) is 30.2 Å². The van der Waals surface area contributed by atoms with Crippen LogP contribution in [0.25, 0.3) is 0 Å². The molecule has 0 aliphatic heterocycles. The van der Waals surface area contributed by atoms with Crippen LogP contribution in [0.1, 0.15) is 38.3 Å². The molecule has 1 aromatic rings. The zero-order valence-corrected chi connectivity index (χ0v) is 9.79. The first kappa shape index (κ1) is 12.0. The summed E-state index contributed by atoms with van der Waals surface area (Å²) in [6.45, 7) is 5.27. The molecule has 1 rings (SSSR count). The SMILES string of the molecule is CCCC(NCC)c1cccnc1OC. The molecule has 1 atom stereocenters. The Morgan fingerprint density at radius 2 is 2.27 bits per heavy atom. The summed E-state index contributed by atoms with van der Waals surface area (Å²) in [4.78, 5) is 4.22. The molecule has 84 valence electrons. The zero-order chi connectivity index (χ0) is 11.1. The summed E-state index contributed by atoms with van der Waals surface area (Å²) in [6.07, 6.45) is 4.02. The Morgan fingerprint density at radius 3 is 2.87 bits per heavy atom. The first-order valence-corrected chi connectivity index (χ1v) is 5.55. The number of hydrogen-bond donors (Lipinski definition) is 1. The molecule has 1 heterocycles. The van der Waals surface area contributed by atoms with Crippen molar-refractivity contribution in [1.82, 2.24) is 10.3 Å². The Labute approximate surface area is 91.9 Å². The molecule has 0 saturated carbocycles. The summed E-state index contributed by atoms with van der Waals surface area (Å²) in [5, 5.41) is 3.45. The molecule has 1 N–H and O–H groups in total. The van der Waals surface area contributed by atoms with E-state index in [0.29, 0.717) is 6.04 Å². The Kier molecular flexibility index (Phi) is 5.12. The van der Waals surface area contributed by atoms with Crippen molar-refractivity contribution < 1.29 is 4.74 Å². The van der Waals surface area contributed by atoms with Crippen molar-refractivity contribution in [3.8, 4) is 5.88 Å². The van der Waals surface area contributed by atoms with Crippen molar-refractivity contribution in [2.24, 2.45) is 0 Å². The Hall–Kier alpha value is -1.09. The average molecular weight is 208 g/mol. The van der Waals surface area contributed by atoms with Crippen LogP contribution >= 0.6 is 0 Å². The fourth-order valence-corrected chi connectivity index (χ4v) is 1.74. The van der Waals surface area contributed by atoms with E-state index in [-0.39, 0.29) is 0 Å². The van der Waals surface area contributed by atoms with Gasteiger partial charge in [-0.3, -0.25) is 0 Å². The Bertz CT molecular complexity index is 283. The molecule has 0 fully saturated rings. The van der Waals surface area contributed by atoms with Gasteiger partial charge >= 0.3 is 0 Å². The van der Waals surface area contributed by atoms with E-state index < -0.39 is 0 Å². The fourth-order valence-electron chi connectivity index (χ4n) is 1.74. The number of rotatable bonds is 6. The lowest BCUT2D eigenvalue weighted by atomic mass is 10.0. The Morgan fingerprint density at radius 1 is 1.47 bits per heavy atom. The first-order valence-electron chi connectivity index (χ1n) is 5.55. The lowest BCUT2D eigenvalue weighted by Crippen LogP contribution is -2.21. The van der Waals surface area contributed by atoms with Gasteiger partial charge in [0, 0.05) is 17.8 Å². The van der Waals surface area contributed by atoms with Gasteiger partial charge in [-0.05, 0) is 19.0 Å². The largest absolute Gasteiger partial charge is 0.481 e. The normalized spacial score (nSPS) is 12.5. The minimum absolute atomic E-state index is 0.351. The molecule has 0 aliphatic rings. The molecule has 0 aromatic carbocycles. The molecular weight excluding hydrogens is 188 g/mol. The molecule has 3 nitrogen and oxygen atoms in total. The predicted molar refractivity (Wildman–Crippen MR) is 62.1 cm³/mol. The zero-order valence-electron chi connectivity index (χ0n) is 9.79. The summed E-state index contributed by atoms with van der Waals surface area (Å²) in [5.41, 5.74) is 1.16.